The highest BCUT2D eigenvalue weighted by atomic mass is 16.5. The van der Waals surface area contributed by atoms with Crippen molar-refractivity contribution in [3.63, 3.8) is 0 Å². The summed E-state index contributed by atoms with van der Waals surface area (Å²) in [5.74, 6) is 3.34. The van der Waals surface area contributed by atoms with Crippen LogP contribution in [0.15, 0.2) is 23.3 Å². The summed E-state index contributed by atoms with van der Waals surface area (Å²) in [6.07, 6.45) is 8.95. The average Bonchev–Trinajstić information content (AvgIpc) is 2.85. The molecule has 2 aliphatic rings. The standard InChI is InChI=1S/C23H33N7O2/c1-3-32-20-16-18(10-11-19(20)31-2)17-24-28-21-25-22(29-12-6-4-7-13-29)27-23(26-21)30-14-8-5-9-15-30/h10-11,16-17H,3-9,12-15H2,1-2H3,(H,25,26,27,28)/b24-17+. The zero-order valence-corrected chi connectivity index (χ0v) is 19.1. The van der Waals surface area contributed by atoms with Crippen LogP contribution in [-0.4, -0.2) is 61.1 Å². The van der Waals surface area contributed by atoms with E-state index < -0.39 is 0 Å². The fourth-order valence-electron chi connectivity index (χ4n) is 4.08. The molecule has 2 aromatic rings. The summed E-state index contributed by atoms with van der Waals surface area (Å²) >= 11 is 0. The minimum atomic E-state index is 0.468. The van der Waals surface area contributed by atoms with Gasteiger partial charge in [0.1, 0.15) is 0 Å². The number of hydrogen-bond donors (Lipinski definition) is 1. The molecule has 0 amide bonds. The lowest BCUT2D eigenvalue weighted by molar-refractivity contribution is 0.311. The second-order valence-electron chi connectivity index (χ2n) is 8.07. The Morgan fingerprint density at radius 1 is 0.906 bits per heavy atom. The van der Waals surface area contributed by atoms with Crippen molar-refractivity contribution >= 4 is 24.1 Å². The van der Waals surface area contributed by atoms with E-state index in [0.29, 0.717) is 24.1 Å². The van der Waals surface area contributed by atoms with Crippen LogP contribution >= 0.6 is 0 Å². The number of hydrogen-bond acceptors (Lipinski definition) is 9. The molecule has 0 atom stereocenters. The van der Waals surface area contributed by atoms with Crippen molar-refractivity contribution in [3.8, 4) is 11.5 Å². The third-order valence-electron chi connectivity index (χ3n) is 5.76. The van der Waals surface area contributed by atoms with Crippen LogP contribution in [-0.2, 0) is 0 Å². The van der Waals surface area contributed by atoms with Gasteiger partial charge in [-0.25, -0.2) is 5.43 Å². The van der Waals surface area contributed by atoms with Crippen LogP contribution in [0.1, 0.15) is 51.0 Å². The number of benzene rings is 1. The maximum Gasteiger partial charge on any atom is 0.250 e. The summed E-state index contributed by atoms with van der Waals surface area (Å²) in [7, 11) is 1.63. The largest absolute Gasteiger partial charge is 0.493 e. The van der Waals surface area contributed by atoms with Gasteiger partial charge in [0.15, 0.2) is 11.5 Å². The lowest BCUT2D eigenvalue weighted by Gasteiger charge is -2.30. The zero-order valence-electron chi connectivity index (χ0n) is 19.1. The van der Waals surface area contributed by atoms with Crippen LogP contribution in [0.2, 0.25) is 0 Å². The van der Waals surface area contributed by atoms with Crippen LogP contribution in [0.3, 0.4) is 0 Å². The van der Waals surface area contributed by atoms with Crippen LogP contribution in [0, 0.1) is 0 Å². The number of rotatable bonds is 8. The van der Waals surface area contributed by atoms with Crippen molar-refractivity contribution in [3.05, 3.63) is 23.8 Å². The number of methoxy groups -OCH3 is 1. The van der Waals surface area contributed by atoms with E-state index in [1.807, 2.05) is 25.1 Å². The Morgan fingerprint density at radius 3 is 2.09 bits per heavy atom. The van der Waals surface area contributed by atoms with Gasteiger partial charge in [0.05, 0.1) is 19.9 Å². The number of ether oxygens (including phenoxy) is 2. The van der Waals surface area contributed by atoms with Gasteiger partial charge in [0, 0.05) is 26.2 Å². The number of hydrazone groups is 1. The van der Waals surface area contributed by atoms with Crippen LogP contribution in [0.5, 0.6) is 11.5 Å². The molecule has 1 aromatic heterocycles. The van der Waals surface area contributed by atoms with E-state index in [1.165, 1.54) is 38.5 Å². The molecule has 0 bridgehead atoms. The predicted octanol–water partition coefficient (Wildman–Crippen LogP) is 3.71. The monoisotopic (exact) mass is 439 g/mol. The van der Waals surface area contributed by atoms with E-state index in [4.69, 9.17) is 14.5 Å². The van der Waals surface area contributed by atoms with E-state index in [-0.39, 0.29) is 0 Å². The molecule has 2 saturated heterocycles. The van der Waals surface area contributed by atoms with Crippen LogP contribution < -0.4 is 24.7 Å². The molecular formula is C23H33N7O2. The Labute approximate surface area is 189 Å². The van der Waals surface area contributed by atoms with E-state index in [1.54, 1.807) is 13.3 Å². The zero-order chi connectivity index (χ0) is 22.2. The molecule has 9 heteroatoms. The predicted molar refractivity (Wildman–Crippen MR) is 127 cm³/mol. The Kier molecular flexibility index (Phi) is 7.58. The van der Waals surface area contributed by atoms with Crippen molar-refractivity contribution in [2.24, 2.45) is 5.10 Å². The minimum Gasteiger partial charge on any atom is -0.493 e. The lowest BCUT2D eigenvalue weighted by atomic mass is 10.1. The number of nitrogens with one attached hydrogen (secondary N) is 1. The molecule has 4 rings (SSSR count). The van der Waals surface area contributed by atoms with E-state index >= 15 is 0 Å². The SMILES string of the molecule is CCOc1cc(/C=N/Nc2nc(N3CCCCC3)nc(N3CCCCC3)n2)ccc1OC. The van der Waals surface area contributed by atoms with E-state index in [2.05, 4.69) is 30.3 Å². The van der Waals surface area contributed by atoms with Gasteiger partial charge in [0.2, 0.25) is 17.8 Å². The van der Waals surface area contributed by atoms with Crippen LogP contribution in [0.25, 0.3) is 0 Å². The summed E-state index contributed by atoms with van der Waals surface area (Å²) in [6, 6.07) is 5.70. The summed E-state index contributed by atoms with van der Waals surface area (Å²) < 4.78 is 11.0. The maximum absolute atomic E-state index is 5.65. The fraction of sp³-hybridized carbons (Fsp3) is 0.565. The Bertz CT molecular complexity index is 873. The van der Waals surface area contributed by atoms with E-state index in [0.717, 1.165) is 43.6 Å². The topological polar surface area (TPSA) is 88.0 Å². The third kappa shape index (κ3) is 5.57. The van der Waals surface area contributed by atoms with E-state index in [9.17, 15) is 0 Å². The number of piperidine rings is 2. The van der Waals surface area contributed by atoms with Gasteiger partial charge < -0.3 is 19.3 Å². The van der Waals surface area contributed by atoms with Gasteiger partial charge in [-0.2, -0.15) is 20.1 Å². The number of aromatic nitrogens is 3. The van der Waals surface area contributed by atoms with Gasteiger partial charge in [-0.3, -0.25) is 0 Å². The average molecular weight is 440 g/mol. The summed E-state index contributed by atoms with van der Waals surface area (Å²) in [5.41, 5.74) is 3.91. The highest BCUT2D eigenvalue weighted by Gasteiger charge is 2.20. The van der Waals surface area contributed by atoms with Gasteiger partial charge in [-0.1, -0.05) is 0 Å². The smallest absolute Gasteiger partial charge is 0.250 e. The lowest BCUT2D eigenvalue weighted by Crippen LogP contribution is -2.34. The Balaban J connectivity index is 1.53. The Hall–Kier alpha value is -3.10. The van der Waals surface area contributed by atoms with Crippen molar-refractivity contribution in [1.82, 2.24) is 15.0 Å². The molecule has 0 radical (unpaired) electrons. The molecule has 3 heterocycles. The molecule has 0 aliphatic carbocycles. The van der Waals surface area contributed by atoms with Crippen LogP contribution in [0.4, 0.5) is 17.8 Å². The normalized spacial score (nSPS) is 16.9. The molecule has 1 aromatic carbocycles. The maximum atomic E-state index is 5.65. The molecular weight excluding hydrogens is 406 g/mol. The minimum absolute atomic E-state index is 0.468. The second-order valence-corrected chi connectivity index (χ2v) is 8.07. The Morgan fingerprint density at radius 2 is 1.53 bits per heavy atom. The molecule has 0 saturated carbocycles. The van der Waals surface area contributed by atoms with Gasteiger partial charge in [0.25, 0.3) is 0 Å². The summed E-state index contributed by atoms with van der Waals surface area (Å²) in [6.45, 7) is 6.45. The third-order valence-corrected chi connectivity index (χ3v) is 5.76. The summed E-state index contributed by atoms with van der Waals surface area (Å²) in [5, 5.41) is 4.38. The first-order chi connectivity index (χ1) is 15.8. The molecule has 0 spiro atoms. The summed E-state index contributed by atoms with van der Waals surface area (Å²) in [4.78, 5) is 18.6. The van der Waals surface area contributed by atoms with Gasteiger partial charge >= 0.3 is 0 Å². The molecule has 1 N–H and O–H groups in total. The molecule has 0 unspecified atom stereocenters. The molecule has 32 heavy (non-hydrogen) atoms. The molecule has 9 nitrogen and oxygen atoms in total. The fourth-order valence-corrected chi connectivity index (χ4v) is 4.08. The first kappa shape index (κ1) is 22.1. The molecule has 2 fully saturated rings. The first-order valence-electron chi connectivity index (χ1n) is 11.6. The van der Waals surface area contributed by atoms with Gasteiger partial charge in [-0.05, 0) is 69.2 Å². The molecule has 2 aliphatic heterocycles. The number of nitrogens with zero attached hydrogens (tertiary/aromatic N) is 6. The highest BCUT2D eigenvalue weighted by molar-refractivity contribution is 5.81. The second kappa shape index (κ2) is 11.0. The van der Waals surface area contributed by atoms with Crippen molar-refractivity contribution in [2.45, 2.75) is 45.4 Å². The first-order valence-corrected chi connectivity index (χ1v) is 11.6. The van der Waals surface area contributed by atoms with Crippen molar-refractivity contribution in [1.29, 1.82) is 0 Å². The van der Waals surface area contributed by atoms with Crippen molar-refractivity contribution in [2.75, 3.05) is 55.1 Å². The quantitative estimate of drug-likeness (QED) is 0.492. The highest BCUT2D eigenvalue weighted by Crippen LogP contribution is 2.27. The van der Waals surface area contributed by atoms with Crippen molar-refractivity contribution < 1.29 is 9.47 Å². The number of anilines is 3. The van der Waals surface area contributed by atoms with Gasteiger partial charge in [-0.15, -0.1) is 0 Å². The molecule has 172 valence electrons.